The van der Waals surface area contributed by atoms with E-state index >= 15 is 0 Å². The van der Waals surface area contributed by atoms with Crippen LogP contribution in [0, 0.1) is 13.8 Å². The summed E-state index contributed by atoms with van der Waals surface area (Å²) < 4.78 is 5.26. The summed E-state index contributed by atoms with van der Waals surface area (Å²) in [7, 11) is 0. The lowest BCUT2D eigenvalue weighted by Gasteiger charge is -2.39. The van der Waals surface area contributed by atoms with Crippen molar-refractivity contribution < 1.29 is 14.3 Å². The monoisotopic (exact) mass is 534 g/mol. The number of carbonyl (C=O) groups excluding carboxylic acids is 2. The zero-order valence-electron chi connectivity index (χ0n) is 18.9. The number of halogens is 1. The van der Waals surface area contributed by atoms with Gasteiger partial charge in [-0.1, -0.05) is 59.0 Å². The molecule has 1 N–H and O–H groups in total. The number of rotatable bonds is 3. The lowest BCUT2D eigenvalue weighted by atomic mass is 9.95. The molecular weight excluding hydrogens is 503 g/mol. The summed E-state index contributed by atoms with van der Waals surface area (Å²) in [5.74, 6) is -0.0103. The molecule has 2 aromatic carbocycles. The van der Waals surface area contributed by atoms with Crippen LogP contribution in [0.4, 0.5) is 4.79 Å². The van der Waals surface area contributed by atoms with Gasteiger partial charge in [-0.05, 0) is 75.8 Å². The molecular formula is C25H31IN2O3. The number of aryl methyl sites for hydroxylation is 2. The second-order valence-electron chi connectivity index (χ2n) is 9.11. The molecule has 2 amide bonds. The van der Waals surface area contributed by atoms with Crippen LogP contribution in [-0.4, -0.2) is 39.1 Å². The highest BCUT2D eigenvalue weighted by Crippen LogP contribution is 2.30. The van der Waals surface area contributed by atoms with Gasteiger partial charge in [-0.25, -0.2) is 4.79 Å². The molecule has 2 aromatic rings. The van der Waals surface area contributed by atoms with Gasteiger partial charge in [0.15, 0.2) is 0 Å². The second-order valence-corrected chi connectivity index (χ2v) is 10.4. The summed E-state index contributed by atoms with van der Waals surface area (Å²) in [6, 6.07) is 13.9. The molecule has 1 aliphatic rings. The summed E-state index contributed by atoms with van der Waals surface area (Å²) in [6.45, 7) is 10.4. The van der Waals surface area contributed by atoms with Crippen molar-refractivity contribution in [3.63, 3.8) is 0 Å². The Morgan fingerprint density at radius 2 is 1.81 bits per heavy atom. The van der Waals surface area contributed by atoms with Gasteiger partial charge in [0, 0.05) is 12.1 Å². The summed E-state index contributed by atoms with van der Waals surface area (Å²) in [5, 5.41) is 2.96. The highest BCUT2D eigenvalue weighted by atomic mass is 127. The van der Waals surface area contributed by atoms with Gasteiger partial charge in [-0.2, -0.15) is 0 Å². The zero-order chi connectivity index (χ0) is 22.8. The van der Waals surface area contributed by atoms with Gasteiger partial charge in [0.2, 0.25) is 0 Å². The molecule has 0 saturated carbocycles. The molecule has 5 nitrogen and oxygen atoms in total. The number of carbonyl (C=O) groups is 2. The number of likely N-dealkylation sites (tertiary alicyclic amines) is 1. The van der Waals surface area contributed by atoms with Crippen LogP contribution in [0.3, 0.4) is 0 Å². The number of alkyl halides is 1. The minimum atomic E-state index is -0.555. The van der Waals surface area contributed by atoms with Gasteiger partial charge in [0.05, 0.1) is 6.04 Å². The topological polar surface area (TPSA) is 58.6 Å². The van der Waals surface area contributed by atoms with E-state index in [4.69, 9.17) is 4.74 Å². The normalized spacial score (nSPS) is 19.1. The fourth-order valence-corrected chi connectivity index (χ4v) is 4.83. The number of piperidine rings is 1. The van der Waals surface area contributed by atoms with Crippen LogP contribution in [0.15, 0.2) is 42.5 Å². The summed E-state index contributed by atoms with van der Waals surface area (Å²) in [5.41, 5.74) is 4.53. The number of ether oxygens (including phenoxy) is 1. The third-order valence-corrected chi connectivity index (χ3v) is 7.02. The first-order chi connectivity index (χ1) is 14.6. The highest BCUT2D eigenvalue weighted by Gasteiger charge is 2.35. The molecule has 0 bridgehead atoms. The molecule has 0 spiro atoms. The van der Waals surface area contributed by atoms with Crippen molar-refractivity contribution in [1.29, 1.82) is 0 Å². The first-order valence-electron chi connectivity index (χ1n) is 10.7. The predicted molar refractivity (Wildman–Crippen MR) is 133 cm³/mol. The van der Waals surface area contributed by atoms with E-state index in [1.807, 2.05) is 49.9 Å². The Kier molecular flexibility index (Phi) is 7.29. The molecule has 166 valence electrons. The summed E-state index contributed by atoms with van der Waals surface area (Å²) >= 11 is 2.26. The Morgan fingerprint density at radius 3 is 2.48 bits per heavy atom. The fraction of sp³-hybridized carbons (Fsp3) is 0.440. The van der Waals surface area contributed by atoms with Gasteiger partial charge >= 0.3 is 6.09 Å². The van der Waals surface area contributed by atoms with Crippen LogP contribution < -0.4 is 5.32 Å². The largest absolute Gasteiger partial charge is 0.444 e. The van der Waals surface area contributed by atoms with Gasteiger partial charge in [-0.3, -0.25) is 4.79 Å². The smallest absolute Gasteiger partial charge is 0.407 e. The van der Waals surface area contributed by atoms with E-state index in [-0.39, 0.29) is 16.0 Å². The lowest BCUT2D eigenvalue weighted by molar-refractivity contribution is 0.0443. The van der Waals surface area contributed by atoms with Crippen LogP contribution in [0.2, 0.25) is 0 Å². The Morgan fingerprint density at radius 1 is 1.10 bits per heavy atom. The van der Waals surface area contributed by atoms with Crippen molar-refractivity contribution in [2.45, 2.75) is 63.2 Å². The van der Waals surface area contributed by atoms with Crippen LogP contribution in [0.1, 0.15) is 55.1 Å². The molecule has 2 unspecified atom stereocenters. The molecule has 0 radical (unpaired) electrons. The number of hydrogen-bond acceptors (Lipinski definition) is 3. The standard InChI is InChI=1S/C25H31IN2O3/c1-16-12-13-18(15-17(16)2)19-9-6-7-10-20(19)23(29)28-14-8-11-21(22(28)26)27-24(30)31-25(3,4)5/h6-7,9-10,12-13,15,21-22H,8,11,14H2,1-5H3,(H,27,30). The first-order valence-corrected chi connectivity index (χ1v) is 11.9. The molecule has 1 saturated heterocycles. The van der Waals surface area contributed by atoms with Gasteiger partial charge in [0.25, 0.3) is 5.91 Å². The highest BCUT2D eigenvalue weighted by molar-refractivity contribution is 14.1. The SMILES string of the molecule is Cc1ccc(-c2ccccc2C(=O)N2CCCC(NC(=O)OC(C)(C)C)C2I)cc1C. The minimum absolute atomic E-state index is 0.0103. The molecule has 1 heterocycles. The molecule has 31 heavy (non-hydrogen) atoms. The molecule has 1 fully saturated rings. The number of alkyl carbamates (subject to hydrolysis) is 1. The van der Waals surface area contributed by atoms with Crippen molar-refractivity contribution in [1.82, 2.24) is 10.2 Å². The quantitative estimate of drug-likeness (QED) is 0.305. The first kappa shape index (κ1) is 23.6. The number of hydrogen-bond donors (Lipinski definition) is 1. The third kappa shape index (κ3) is 5.79. The Balaban J connectivity index is 1.83. The van der Waals surface area contributed by atoms with Gasteiger partial charge < -0.3 is 15.0 Å². The van der Waals surface area contributed by atoms with Crippen molar-refractivity contribution in [3.8, 4) is 11.1 Å². The van der Waals surface area contributed by atoms with Crippen molar-refractivity contribution in [3.05, 3.63) is 59.2 Å². The van der Waals surface area contributed by atoms with Crippen molar-refractivity contribution in [2.75, 3.05) is 6.54 Å². The van der Waals surface area contributed by atoms with Crippen LogP contribution in [-0.2, 0) is 4.74 Å². The Hall–Kier alpha value is -2.09. The maximum atomic E-state index is 13.6. The van der Waals surface area contributed by atoms with E-state index in [9.17, 15) is 9.59 Å². The Labute approximate surface area is 198 Å². The minimum Gasteiger partial charge on any atom is -0.444 e. The van der Waals surface area contributed by atoms with Gasteiger partial charge in [0.1, 0.15) is 9.65 Å². The molecule has 2 atom stereocenters. The Bertz CT molecular complexity index is 967. The number of amides is 2. The van der Waals surface area contributed by atoms with Crippen LogP contribution in [0.25, 0.3) is 11.1 Å². The average molecular weight is 534 g/mol. The van der Waals surface area contributed by atoms with Crippen LogP contribution >= 0.6 is 22.6 Å². The summed E-state index contributed by atoms with van der Waals surface area (Å²) in [4.78, 5) is 27.7. The predicted octanol–water partition coefficient (Wildman–Crippen LogP) is 5.86. The number of nitrogens with zero attached hydrogens (tertiary/aromatic N) is 1. The molecule has 6 heteroatoms. The summed E-state index contributed by atoms with van der Waals surface area (Å²) in [6.07, 6.45) is 1.21. The molecule has 3 rings (SSSR count). The fourth-order valence-electron chi connectivity index (χ4n) is 3.76. The van der Waals surface area contributed by atoms with Gasteiger partial charge in [-0.15, -0.1) is 0 Å². The van der Waals surface area contributed by atoms with E-state index in [0.717, 1.165) is 24.0 Å². The van der Waals surface area contributed by atoms with E-state index in [2.05, 4.69) is 60.0 Å². The average Bonchev–Trinajstić information content (AvgIpc) is 2.70. The van der Waals surface area contributed by atoms with E-state index in [1.165, 1.54) is 11.1 Å². The van der Waals surface area contributed by atoms with Crippen molar-refractivity contribution in [2.24, 2.45) is 0 Å². The zero-order valence-corrected chi connectivity index (χ0v) is 21.0. The maximum Gasteiger partial charge on any atom is 0.407 e. The van der Waals surface area contributed by atoms with Crippen molar-refractivity contribution >= 4 is 34.6 Å². The maximum absolute atomic E-state index is 13.6. The van der Waals surface area contributed by atoms with E-state index in [1.54, 1.807) is 0 Å². The lowest BCUT2D eigenvalue weighted by Crippen LogP contribution is -2.54. The molecule has 1 aliphatic heterocycles. The van der Waals surface area contributed by atoms with Crippen LogP contribution in [0.5, 0.6) is 0 Å². The van der Waals surface area contributed by atoms with E-state index < -0.39 is 11.7 Å². The molecule has 0 aliphatic carbocycles. The molecule has 0 aromatic heterocycles. The number of benzene rings is 2. The second kappa shape index (κ2) is 9.59. The number of nitrogens with one attached hydrogen (secondary N) is 1. The van der Waals surface area contributed by atoms with E-state index in [0.29, 0.717) is 12.1 Å². The third-order valence-electron chi connectivity index (χ3n) is 5.48.